The van der Waals surface area contributed by atoms with E-state index in [1.165, 1.54) is 11.3 Å². The summed E-state index contributed by atoms with van der Waals surface area (Å²) in [5, 5.41) is 9.79. The quantitative estimate of drug-likeness (QED) is 0.814. The molecule has 3 N–H and O–H groups in total. The van der Waals surface area contributed by atoms with Crippen LogP contribution in [0.2, 0.25) is 0 Å². The van der Waals surface area contributed by atoms with Crippen LogP contribution in [0.3, 0.4) is 0 Å². The van der Waals surface area contributed by atoms with E-state index in [0.29, 0.717) is 24.8 Å². The minimum atomic E-state index is 0. The van der Waals surface area contributed by atoms with Gasteiger partial charge in [-0.05, 0) is 6.07 Å². The summed E-state index contributed by atoms with van der Waals surface area (Å²) in [6.45, 7) is 2.13. The Hall–Kier alpha value is -1.34. The molecule has 2 aromatic rings. The molecule has 0 aliphatic carbocycles. The summed E-state index contributed by atoms with van der Waals surface area (Å²) in [5.74, 6) is 0.860. The highest BCUT2D eigenvalue weighted by atomic mass is 35.5. The lowest BCUT2D eigenvalue weighted by atomic mass is 10.2. The Balaban J connectivity index is 0.00000220. The number of nitrogens with zero attached hydrogens (tertiary/aromatic N) is 2. The van der Waals surface area contributed by atoms with E-state index < -0.39 is 0 Å². The van der Waals surface area contributed by atoms with E-state index in [9.17, 15) is 5.11 Å². The number of halogens is 1. The van der Waals surface area contributed by atoms with Crippen LogP contribution in [0.15, 0.2) is 30.5 Å². The first kappa shape index (κ1) is 17.7. The van der Waals surface area contributed by atoms with Crippen LogP contribution in [0.25, 0.3) is 0 Å². The number of aliphatic hydroxyl groups is 1. The SMILES string of the molecule is COc1ccccc1CN(CCO)Cc1cnc(N)s1.Cl. The largest absolute Gasteiger partial charge is 0.496 e. The maximum atomic E-state index is 9.21. The normalized spacial score (nSPS) is 10.4. The van der Waals surface area contributed by atoms with Crippen LogP contribution in [0.1, 0.15) is 10.4 Å². The third-order valence-corrected chi connectivity index (χ3v) is 3.76. The number of methoxy groups -OCH3 is 1. The zero-order valence-corrected chi connectivity index (χ0v) is 13.5. The van der Waals surface area contributed by atoms with E-state index in [4.69, 9.17) is 10.5 Å². The number of thiazole rings is 1. The molecule has 116 valence electrons. The van der Waals surface area contributed by atoms with Gasteiger partial charge in [-0.15, -0.1) is 23.7 Å². The molecule has 0 aliphatic rings. The predicted octanol–water partition coefficient (Wildman–Crippen LogP) is 2.15. The number of ether oxygens (including phenoxy) is 1. The Morgan fingerprint density at radius 2 is 2.10 bits per heavy atom. The maximum absolute atomic E-state index is 9.21. The number of rotatable bonds is 7. The smallest absolute Gasteiger partial charge is 0.180 e. The summed E-state index contributed by atoms with van der Waals surface area (Å²) >= 11 is 1.47. The van der Waals surface area contributed by atoms with Gasteiger partial charge in [0.15, 0.2) is 5.13 Å². The van der Waals surface area contributed by atoms with E-state index in [0.717, 1.165) is 16.2 Å². The molecule has 0 aliphatic heterocycles. The Morgan fingerprint density at radius 1 is 1.33 bits per heavy atom. The number of aromatic nitrogens is 1. The number of benzene rings is 1. The van der Waals surface area contributed by atoms with Gasteiger partial charge in [0, 0.05) is 36.3 Å². The van der Waals surface area contributed by atoms with Crippen LogP contribution >= 0.6 is 23.7 Å². The zero-order valence-electron chi connectivity index (χ0n) is 11.9. The molecular weight excluding hydrogens is 310 g/mol. The van der Waals surface area contributed by atoms with Gasteiger partial charge in [0.25, 0.3) is 0 Å². The van der Waals surface area contributed by atoms with Crippen LogP contribution in [0, 0.1) is 0 Å². The fraction of sp³-hybridized carbons (Fsp3) is 0.357. The van der Waals surface area contributed by atoms with E-state index in [2.05, 4.69) is 9.88 Å². The molecule has 0 amide bonds. The van der Waals surface area contributed by atoms with Gasteiger partial charge in [0.2, 0.25) is 0 Å². The van der Waals surface area contributed by atoms with Crippen molar-refractivity contribution in [2.24, 2.45) is 0 Å². The van der Waals surface area contributed by atoms with Crippen molar-refractivity contribution in [2.45, 2.75) is 13.1 Å². The fourth-order valence-corrected chi connectivity index (χ4v) is 2.77. The minimum absolute atomic E-state index is 0. The third-order valence-electron chi connectivity index (χ3n) is 2.95. The molecule has 0 radical (unpaired) electrons. The summed E-state index contributed by atoms with van der Waals surface area (Å²) in [7, 11) is 1.67. The minimum Gasteiger partial charge on any atom is -0.496 e. The summed E-state index contributed by atoms with van der Waals surface area (Å²) < 4.78 is 5.36. The van der Waals surface area contributed by atoms with Crippen LogP contribution in [0.4, 0.5) is 5.13 Å². The first-order valence-electron chi connectivity index (χ1n) is 6.38. The molecule has 0 saturated carbocycles. The molecule has 5 nitrogen and oxygen atoms in total. The summed E-state index contributed by atoms with van der Waals surface area (Å²) in [6.07, 6.45) is 1.78. The van der Waals surface area contributed by atoms with Crippen LogP contribution in [-0.2, 0) is 13.1 Å². The Bertz CT molecular complexity index is 551. The topological polar surface area (TPSA) is 71.6 Å². The monoisotopic (exact) mass is 329 g/mol. The van der Waals surface area contributed by atoms with Crippen molar-refractivity contribution in [1.29, 1.82) is 0 Å². The average Bonchev–Trinajstić information content (AvgIpc) is 2.85. The molecule has 1 heterocycles. The van der Waals surface area contributed by atoms with Crippen LogP contribution < -0.4 is 10.5 Å². The van der Waals surface area contributed by atoms with Crippen molar-refractivity contribution >= 4 is 28.9 Å². The van der Waals surface area contributed by atoms with E-state index in [1.807, 2.05) is 24.3 Å². The second-order valence-corrected chi connectivity index (χ2v) is 5.56. The molecule has 7 heteroatoms. The Labute approximate surface area is 134 Å². The van der Waals surface area contributed by atoms with Gasteiger partial charge in [0.1, 0.15) is 5.75 Å². The highest BCUT2D eigenvalue weighted by molar-refractivity contribution is 7.15. The number of anilines is 1. The van der Waals surface area contributed by atoms with E-state index in [-0.39, 0.29) is 19.0 Å². The lowest BCUT2D eigenvalue weighted by Gasteiger charge is -2.21. The number of nitrogen functional groups attached to an aromatic ring is 1. The van der Waals surface area contributed by atoms with Crippen molar-refractivity contribution in [3.8, 4) is 5.75 Å². The van der Waals surface area contributed by atoms with Gasteiger partial charge in [0.05, 0.1) is 13.7 Å². The van der Waals surface area contributed by atoms with Crippen LogP contribution in [0.5, 0.6) is 5.75 Å². The van der Waals surface area contributed by atoms with Crippen molar-refractivity contribution in [3.63, 3.8) is 0 Å². The van der Waals surface area contributed by atoms with Gasteiger partial charge in [-0.1, -0.05) is 18.2 Å². The fourth-order valence-electron chi connectivity index (χ4n) is 2.05. The highest BCUT2D eigenvalue weighted by Gasteiger charge is 2.11. The lowest BCUT2D eigenvalue weighted by molar-refractivity contribution is 0.184. The standard InChI is InChI=1S/C14H19N3O2S.ClH/c1-19-13-5-3-2-4-11(13)9-17(6-7-18)10-12-8-16-14(15)20-12;/h2-5,8,18H,6-7,9-10H2,1H3,(H2,15,16);1H. The van der Waals surface area contributed by atoms with Gasteiger partial charge in [-0.2, -0.15) is 0 Å². The van der Waals surface area contributed by atoms with Crippen molar-refractivity contribution in [2.75, 3.05) is 26.0 Å². The lowest BCUT2D eigenvalue weighted by Crippen LogP contribution is -2.25. The Morgan fingerprint density at radius 3 is 2.71 bits per heavy atom. The number of nitrogens with two attached hydrogens (primary N) is 1. The molecular formula is C14H20ClN3O2S. The van der Waals surface area contributed by atoms with Crippen LogP contribution in [-0.4, -0.2) is 35.3 Å². The second-order valence-electron chi connectivity index (χ2n) is 4.41. The Kier molecular flexibility index (Phi) is 7.45. The van der Waals surface area contributed by atoms with Gasteiger partial charge >= 0.3 is 0 Å². The van der Waals surface area contributed by atoms with Crippen molar-refractivity contribution in [3.05, 3.63) is 40.9 Å². The molecule has 0 fully saturated rings. The highest BCUT2D eigenvalue weighted by Crippen LogP contribution is 2.22. The summed E-state index contributed by atoms with van der Waals surface area (Å²) in [5.41, 5.74) is 6.74. The van der Waals surface area contributed by atoms with Crippen molar-refractivity contribution in [1.82, 2.24) is 9.88 Å². The average molecular weight is 330 g/mol. The molecule has 0 atom stereocenters. The first-order valence-corrected chi connectivity index (χ1v) is 7.20. The molecule has 0 spiro atoms. The number of aliphatic hydroxyl groups excluding tert-OH is 1. The zero-order chi connectivity index (χ0) is 14.4. The predicted molar refractivity (Wildman–Crippen MR) is 88.0 cm³/mol. The molecule has 1 aromatic carbocycles. The second kappa shape index (κ2) is 8.84. The summed E-state index contributed by atoms with van der Waals surface area (Å²) in [4.78, 5) is 7.29. The van der Waals surface area contributed by atoms with E-state index >= 15 is 0 Å². The third kappa shape index (κ3) is 5.17. The van der Waals surface area contributed by atoms with Gasteiger partial charge in [-0.25, -0.2) is 4.98 Å². The van der Waals surface area contributed by atoms with E-state index in [1.54, 1.807) is 13.3 Å². The van der Waals surface area contributed by atoms with Crippen molar-refractivity contribution < 1.29 is 9.84 Å². The number of hydrogen-bond donors (Lipinski definition) is 2. The summed E-state index contributed by atoms with van der Waals surface area (Å²) in [6, 6.07) is 7.91. The van der Waals surface area contributed by atoms with Gasteiger partial charge in [-0.3, -0.25) is 4.90 Å². The molecule has 0 saturated heterocycles. The molecule has 21 heavy (non-hydrogen) atoms. The maximum Gasteiger partial charge on any atom is 0.180 e. The molecule has 0 unspecified atom stereocenters. The number of para-hydroxylation sites is 1. The molecule has 2 rings (SSSR count). The molecule has 0 bridgehead atoms. The molecule has 1 aromatic heterocycles. The number of hydrogen-bond acceptors (Lipinski definition) is 6. The first-order chi connectivity index (χ1) is 9.72. The van der Waals surface area contributed by atoms with Gasteiger partial charge < -0.3 is 15.6 Å².